The maximum Gasteiger partial charge on any atom is 0.387 e. The van der Waals surface area contributed by atoms with Gasteiger partial charge in [-0.1, -0.05) is 12.1 Å². The van der Waals surface area contributed by atoms with E-state index in [4.69, 9.17) is 5.11 Å². The van der Waals surface area contributed by atoms with Crippen LogP contribution in [0.1, 0.15) is 12.0 Å². The Morgan fingerprint density at radius 2 is 1.79 bits per heavy atom. The van der Waals surface area contributed by atoms with Crippen LogP contribution in [-0.2, 0) is 16.1 Å². The average molecular weight is 367 g/mol. The number of amides is 1. The summed E-state index contributed by atoms with van der Waals surface area (Å²) in [4.78, 5) is 25.6. The number of carbonyl (C=O) groups excluding carboxylic acids is 1. The zero-order chi connectivity index (χ0) is 17.4. The number of carboxylic acid groups (broad SMARTS) is 1. The van der Waals surface area contributed by atoms with Crippen LogP contribution in [0.25, 0.3) is 0 Å². The minimum absolute atomic E-state index is 0. The van der Waals surface area contributed by atoms with Gasteiger partial charge < -0.3 is 14.7 Å². The standard InChI is InChI=1S/C15H20F2N2O4.ClH/c1-18(8-7-14(21)22)10-13(20)19(2)9-11-3-5-12(6-4-11)23-15(16)17;/h3-6,15H,7-10H2,1-2H3,(H,21,22);1H. The van der Waals surface area contributed by atoms with Gasteiger partial charge in [-0.25, -0.2) is 0 Å². The number of nitrogens with zero attached hydrogens (tertiary/aromatic N) is 2. The van der Waals surface area contributed by atoms with Gasteiger partial charge >= 0.3 is 12.6 Å². The molecule has 0 aromatic heterocycles. The lowest BCUT2D eigenvalue weighted by Crippen LogP contribution is -2.37. The molecule has 0 unspecified atom stereocenters. The topological polar surface area (TPSA) is 70.1 Å². The number of carbonyl (C=O) groups is 2. The second kappa shape index (κ2) is 10.8. The van der Waals surface area contributed by atoms with Crippen molar-refractivity contribution in [1.82, 2.24) is 9.80 Å². The molecule has 0 heterocycles. The van der Waals surface area contributed by atoms with E-state index >= 15 is 0 Å². The Morgan fingerprint density at radius 1 is 1.21 bits per heavy atom. The minimum atomic E-state index is -2.87. The molecular formula is C15H21ClF2N2O4. The average Bonchev–Trinajstić information content (AvgIpc) is 2.46. The maximum atomic E-state index is 12.1. The first-order chi connectivity index (χ1) is 10.8. The van der Waals surface area contributed by atoms with E-state index < -0.39 is 12.6 Å². The van der Waals surface area contributed by atoms with Crippen LogP contribution in [0.4, 0.5) is 8.78 Å². The van der Waals surface area contributed by atoms with E-state index in [2.05, 4.69) is 4.74 Å². The number of halogens is 3. The van der Waals surface area contributed by atoms with E-state index in [-0.39, 0.29) is 43.6 Å². The van der Waals surface area contributed by atoms with Crippen molar-refractivity contribution >= 4 is 24.3 Å². The molecule has 0 aliphatic heterocycles. The summed E-state index contributed by atoms with van der Waals surface area (Å²) in [6.07, 6.45) is -0.0287. The Balaban J connectivity index is 0.00000529. The normalized spacial score (nSPS) is 10.4. The van der Waals surface area contributed by atoms with Crippen molar-refractivity contribution in [3.8, 4) is 5.75 Å². The molecule has 0 fully saturated rings. The molecule has 9 heteroatoms. The van der Waals surface area contributed by atoms with Gasteiger partial charge in [-0.2, -0.15) is 8.78 Å². The van der Waals surface area contributed by atoms with Crippen LogP contribution in [-0.4, -0.2) is 60.6 Å². The van der Waals surface area contributed by atoms with E-state index in [9.17, 15) is 18.4 Å². The highest BCUT2D eigenvalue weighted by Gasteiger charge is 2.13. The van der Waals surface area contributed by atoms with Crippen molar-refractivity contribution in [2.75, 3.05) is 27.2 Å². The highest BCUT2D eigenvalue weighted by molar-refractivity contribution is 5.85. The molecule has 0 radical (unpaired) electrons. The predicted molar refractivity (Wildman–Crippen MR) is 86.5 cm³/mol. The van der Waals surface area contributed by atoms with Crippen molar-refractivity contribution in [3.63, 3.8) is 0 Å². The zero-order valence-electron chi connectivity index (χ0n) is 13.4. The highest BCUT2D eigenvalue weighted by Crippen LogP contribution is 2.15. The van der Waals surface area contributed by atoms with Crippen LogP contribution in [0.15, 0.2) is 24.3 Å². The molecule has 6 nitrogen and oxygen atoms in total. The Hall–Kier alpha value is -1.93. The molecule has 0 saturated carbocycles. The SMILES string of the molecule is CN(CCC(=O)O)CC(=O)N(C)Cc1ccc(OC(F)F)cc1.Cl. The largest absolute Gasteiger partial charge is 0.481 e. The third-order valence-electron chi connectivity index (χ3n) is 3.11. The molecule has 0 bridgehead atoms. The molecule has 0 saturated heterocycles. The number of likely N-dealkylation sites (N-methyl/N-ethyl adjacent to an activating group) is 2. The highest BCUT2D eigenvalue weighted by atomic mass is 35.5. The van der Waals surface area contributed by atoms with Crippen LogP contribution >= 0.6 is 12.4 Å². The van der Waals surface area contributed by atoms with E-state index in [0.29, 0.717) is 6.54 Å². The molecule has 0 aliphatic rings. The van der Waals surface area contributed by atoms with Crippen molar-refractivity contribution in [2.24, 2.45) is 0 Å². The first-order valence-corrected chi connectivity index (χ1v) is 6.96. The molecule has 136 valence electrons. The van der Waals surface area contributed by atoms with Gasteiger partial charge in [0.1, 0.15) is 5.75 Å². The maximum absolute atomic E-state index is 12.1. The third kappa shape index (κ3) is 8.64. The van der Waals surface area contributed by atoms with Crippen molar-refractivity contribution in [3.05, 3.63) is 29.8 Å². The van der Waals surface area contributed by atoms with E-state index in [1.807, 2.05) is 0 Å². The number of carboxylic acids is 1. The van der Waals surface area contributed by atoms with Crippen LogP contribution in [0.3, 0.4) is 0 Å². The molecule has 0 aliphatic carbocycles. The van der Waals surface area contributed by atoms with Crippen LogP contribution in [0.2, 0.25) is 0 Å². The van der Waals surface area contributed by atoms with Gasteiger partial charge in [0, 0.05) is 20.1 Å². The van der Waals surface area contributed by atoms with Crippen LogP contribution in [0.5, 0.6) is 5.75 Å². The number of aliphatic carboxylic acids is 1. The van der Waals surface area contributed by atoms with Crippen LogP contribution < -0.4 is 4.74 Å². The number of hydrogen-bond acceptors (Lipinski definition) is 4. The van der Waals surface area contributed by atoms with Gasteiger partial charge in [0.2, 0.25) is 5.91 Å². The summed E-state index contributed by atoms with van der Waals surface area (Å²) in [6, 6.07) is 6.04. The minimum Gasteiger partial charge on any atom is -0.481 e. The van der Waals surface area contributed by atoms with Crippen molar-refractivity contribution < 1.29 is 28.2 Å². The first kappa shape index (κ1) is 22.1. The number of ether oxygens (including phenoxy) is 1. The first-order valence-electron chi connectivity index (χ1n) is 6.96. The van der Waals surface area contributed by atoms with Gasteiger partial charge in [-0.05, 0) is 24.7 Å². The van der Waals surface area contributed by atoms with E-state index in [0.717, 1.165) is 5.56 Å². The number of benzene rings is 1. The summed E-state index contributed by atoms with van der Waals surface area (Å²) in [7, 11) is 3.29. The fourth-order valence-electron chi connectivity index (χ4n) is 1.86. The number of hydrogen-bond donors (Lipinski definition) is 1. The fourth-order valence-corrected chi connectivity index (χ4v) is 1.86. The van der Waals surface area contributed by atoms with Gasteiger partial charge in [0.05, 0.1) is 13.0 Å². The Bertz CT molecular complexity index is 529. The van der Waals surface area contributed by atoms with Gasteiger partial charge in [0.15, 0.2) is 0 Å². The molecule has 0 atom stereocenters. The van der Waals surface area contributed by atoms with E-state index in [1.54, 1.807) is 31.1 Å². The Morgan fingerprint density at radius 3 is 2.29 bits per heavy atom. The van der Waals surface area contributed by atoms with Crippen molar-refractivity contribution in [1.29, 1.82) is 0 Å². The van der Waals surface area contributed by atoms with Gasteiger partial charge in [-0.3, -0.25) is 14.5 Å². The summed E-state index contributed by atoms with van der Waals surface area (Å²) in [5.74, 6) is -1.01. The smallest absolute Gasteiger partial charge is 0.387 e. The summed E-state index contributed by atoms with van der Waals surface area (Å²) in [6.45, 7) is -2.16. The fraction of sp³-hybridized carbons (Fsp3) is 0.467. The van der Waals surface area contributed by atoms with Crippen molar-refractivity contribution in [2.45, 2.75) is 19.6 Å². The lowest BCUT2D eigenvalue weighted by molar-refractivity contribution is -0.138. The molecular weight excluding hydrogens is 346 g/mol. The number of rotatable bonds is 9. The second-order valence-corrected chi connectivity index (χ2v) is 5.15. The quantitative estimate of drug-likeness (QED) is 0.724. The molecule has 1 rings (SSSR count). The molecule has 1 aromatic rings. The Labute approximate surface area is 145 Å². The van der Waals surface area contributed by atoms with Crippen LogP contribution in [0, 0.1) is 0 Å². The van der Waals surface area contributed by atoms with Gasteiger partial charge in [0.25, 0.3) is 0 Å². The molecule has 0 spiro atoms. The lowest BCUT2D eigenvalue weighted by atomic mass is 10.2. The summed E-state index contributed by atoms with van der Waals surface area (Å²) in [5.41, 5.74) is 0.774. The molecule has 1 N–H and O–H groups in total. The summed E-state index contributed by atoms with van der Waals surface area (Å²) < 4.78 is 28.4. The lowest BCUT2D eigenvalue weighted by Gasteiger charge is -2.21. The third-order valence-corrected chi connectivity index (χ3v) is 3.11. The predicted octanol–water partition coefficient (Wildman–Crippen LogP) is 2.07. The van der Waals surface area contributed by atoms with Gasteiger partial charge in [-0.15, -0.1) is 12.4 Å². The molecule has 24 heavy (non-hydrogen) atoms. The molecule has 1 aromatic carbocycles. The zero-order valence-corrected chi connectivity index (χ0v) is 14.3. The number of alkyl halides is 2. The summed E-state index contributed by atoms with van der Waals surface area (Å²) >= 11 is 0. The Kier molecular flexibility index (Phi) is 9.91. The second-order valence-electron chi connectivity index (χ2n) is 5.15. The molecule has 1 amide bonds. The summed E-state index contributed by atoms with van der Waals surface area (Å²) in [5, 5.41) is 8.60. The van der Waals surface area contributed by atoms with E-state index in [1.165, 1.54) is 17.0 Å². The monoisotopic (exact) mass is 366 g/mol.